The average molecular weight is 348 g/mol. The lowest BCUT2D eigenvalue weighted by Crippen LogP contribution is -2.44. The van der Waals surface area contributed by atoms with Gasteiger partial charge in [-0.25, -0.2) is 0 Å². The lowest BCUT2D eigenvalue weighted by atomic mass is 9.85. The normalized spacial score (nSPS) is 13.1. The van der Waals surface area contributed by atoms with E-state index in [1.54, 1.807) is 0 Å². The molecule has 0 fully saturated rings. The Labute approximate surface area is 135 Å². The van der Waals surface area contributed by atoms with Crippen LogP contribution in [0.25, 0.3) is 10.8 Å². The summed E-state index contributed by atoms with van der Waals surface area (Å²) in [4.78, 5) is 12.5. The van der Waals surface area contributed by atoms with Crippen LogP contribution in [0.15, 0.2) is 42.5 Å². The van der Waals surface area contributed by atoms with E-state index in [1.165, 1.54) is 0 Å². The van der Waals surface area contributed by atoms with Gasteiger partial charge in [-0.1, -0.05) is 67.0 Å². The van der Waals surface area contributed by atoms with E-state index < -0.39 is 0 Å². The standard InChI is InChI=1S/C18H22BrNO/c1-18(2,3)16(10-11-19)20-17(21)15-9-8-13-6-4-5-7-14(13)12-15/h4-9,12,16H,10-11H2,1-3H3,(H,20,21). The molecule has 1 atom stereocenters. The van der Waals surface area contributed by atoms with Crippen molar-refractivity contribution in [3.05, 3.63) is 48.0 Å². The number of alkyl halides is 1. The second kappa shape index (κ2) is 6.61. The van der Waals surface area contributed by atoms with Crippen molar-refractivity contribution in [3.63, 3.8) is 0 Å². The fourth-order valence-electron chi connectivity index (χ4n) is 2.40. The fraction of sp³-hybridized carbons (Fsp3) is 0.389. The number of fused-ring (bicyclic) bond motifs is 1. The Morgan fingerprint density at radius 2 is 1.81 bits per heavy atom. The molecule has 0 aliphatic rings. The number of carbonyl (C=O) groups is 1. The highest BCUT2D eigenvalue weighted by molar-refractivity contribution is 9.09. The topological polar surface area (TPSA) is 29.1 Å². The molecular formula is C18H22BrNO. The van der Waals surface area contributed by atoms with Crippen LogP contribution in [-0.4, -0.2) is 17.3 Å². The molecule has 0 saturated carbocycles. The van der Waals surface area contributed by atoms with Gasteiger partial charge in [0.25, 0.3) is 5.91 Å². The Morgan fingerprint density at radius 3 is 2.43 bits per heavy atom. The zero-order valence-corrected chi connectivity index (χ0v) is 14.4. The molecular weight excluding hydrogens is 326 g/mol. The van der Waals surface area contributed by atoms with Gasteiger partial charge in [-0.3, -0.25) is 4.79 Å². The SMILES string of the molecule is CC(C)(C)C(CCBr)NC(=O)c1ccc2ccccc2c1. The van der Waals surface area contributed by atoms with Crippen LogP contribution in [-0.2, 0) is 0 Å². The molecule has 1 N–H and O–H groups in total. The van der Waals surface area contributed by atoms with Gasteiger partial charge in [-0.2, -0.15) is 0 Å². The molecule has 0 aliphatic heterocycles. The lowest BCUT2D eigenvalue weighted by Gasteiger charge is -2.31. The molecule has 1 unspecified atom stereocenters. The van der Waals surface area contributed by atoms with E-state index in [0.717, 1.165) is 28.1 Å². The molecule has 0 radical (unpaired) electrons. The van der Waals surface area contributed by atoms with Gasteiger partial charge < -0.3 is 5.32 Å². The van der Waals surface area contributed by atoms with Crippen LogP contribution in [0, 0.1) is 5.41 Å². The van der Waals surface area contributed by atoms with Gasteiger partial charge in [-0.05, 0) is 34.7 Å². The number of carbonyl (C=O) groups excluding carboxylic acids is 1. The first kappa shape index (κ1) is 16.0. The van der Waals surface area contributed by atoms with E-state index in [4.69, 9.17) is 0 Å². The molecule has 112 valence electrons. The number of hydrogen-bond acceptors (Lipinski definition) is 1. The quantitative estimate of drug-likeness (QED) is 0.793. The number of nitrogens with one attached hydrogen (secondary N) is 1. The maximum absolute atomic E-state index is 12.5. The predicted octanol–water partition coefficient (Wildman–Crippen LogP) is 4.77. The van der Waals surface area contributed by atoms with Crippen LogP contribution in [0.1, 0.15) is 37.6 Å². The van der Waals surface area contributed by atoms with Crippen molar-refractivity contribution in [2.75, 3.05) is 5.33 Å². The Balaban J connectivity index is 2.21. The maximum atomic E-state index is 12.5. The van der Waals surface area contributed by atoms with E-state index in [1.807, 2.05) is 36.4 Å². The minimum atomic E-state index is 0.00151. The Hall–Kier alpha value is -1.35. The van der Waals surface area contributed by atoms with E-state index in [9.17, 15) is 4.79 Å². The minimum absolute atomic E-state index is 0.00151. The molecule has 2 rings (SSSR count). The van der Waals surface area contributed by atoms with Gasteiger partial charge in [0.2, 0.25) is 0 Å². The molecule has 2 aromatic carbocycles. The minimum Gasteiger partial charge on any atom is -0.349 e. The summed E-state index contributed by atoms with van der Waals surface area (Å²) in [5, 5.41) is 6.30. The first-order chi connectivity index (χ1) is 9.91. The zero-order valence-electron chi connectivity index (χ0n) is 12.8. The van der Waals surface area contributed by atoms with Gasteiger partial charge in [-0.15, -0.1) is 0 Å². The molecule has 3 heteroatoms. The smallest absolute Gasteiger partial charge is 0.251 e. The third-order valence-electron chi connectivity index (χ3n) is 3.76. The summed E-state index contributed by atoms with van der Waals surface area (Å²) >= 11 is 3.47. The molecule has 1 amide bonds. The zero-order chi connectivity index (χ0) is 15.5. The summed E-state index contributed by atoms with van der Waals surface area (Å²) in [5.41, 5.74) is 0.762. The second-order valence-electron chi connectivity index (χ2n) is 6.43. The molecule has 21 heavy (non-hydrogen) atoms. The molecule has 2 nitrogen and oxygen atoms in total. The van der Waals surface area contributed by atoms with Crippen molar-refractivity contribution in [2.24, 2.45) is 5.41 Å². The number of hydrogen-bond donors (Lipinski definition) is 1. The van der Waals surface area contributed by atoms with Crippen LogP contribution >= 0.6 is 15.9 Å². The maximum Gasteiger partial charge on any atom is 0.251 e. The summed E-state index contributed by atoms with van der Waals surface area (Å²) in [6.45, 7) is 6.46. The summed E-state index contributed by atoms with van der Waals surface area (Å²) in [6, 6.07) is 14.1. The van der Waals surface area contributed by atoms with Crippen LogP contribution < -0.4 is 5.32 Å². The molecule has 2 aromatic rings. The van der Waals surface area contributed by atoms with Crippen LogP contribution in [0.3, 0.4) is 0 Å². The van der Waals surface area contributed by atoms with E-state index in [-0.39, 0.29) is 17.4 Å². The highest BCUT2D eigenvalue weighted by Crippen LogP contribution is 2.23. The molecule has 0 heterocycles. The third kappa shape index (κ3) is 4.07. The van der Waals surface area contributed by atoms with E-state index >= 15 is 0 Å². The average Bonchev–Trinajstić information content (AvgIpc) is 2.45. The van der Waals surface area contributed by atoms with Gasteiger partial charge in [0.05, 0.1) is 0 Å². The molecule has 0 bridgehead atoms. The largest absolute Gasteiger partial charge is 0.349 e. The number of amides is 1. The molecule has 0 aliphatic carbocycles. The van der Waals surface area contributed by atoms with Gasteiger partial charge >= 0.3 is 0 Å². The van der Waals surface area contributed by atoms with Gasteiger partial charge in [0.1, 0.15) is 0 Å². The first-order valence-corrected chi connectivity index (χ1v) is 8.39. The monoisotopic (exact) mass is 347 g/mol. The lowest BCUT2D eigenvalue weighted by molar-refractivity contribution is 0.0901. The first-order valence-electron chi connectivity index (χ1n) is 7.27. The number of halogens is 1. The second-order valence-corrected chi connectivity index (χ2v) is 7.22. The molecule has 0 saturated heterocycles. The fourth-order valence-corrected chi connectivity index (χ4v) is 2.86. The Kier molecular flexibility index (Phi) is 5.04. The van der Waals surface area contributed by atoms with E-state index in [2.05, 4.69) is 48.1 Å². The van der Waals surface area contributed by atoms with Crippen molar-refractivity contribution in [3.8, 4) is 0 Å². The van der Waals surface area contributed by atoms with Crippen LogP contribution in [0.2, 0.25) is 0 Å². The third-order valence-corrected chi connectivity index (χ3v) is 4.22. The summed E-state index contributed by atoms with van der Waals surface area (Å²) in [7, 11) is 0. The summed E-state index contributed by atoms with van der Waals surface area (Å²) in [6.07, 6.45) is 0.919. The van der Waals surface area contributed by atoms with Crippen molar-refractivity contribution in [1.82, 2.24) is 5.32 Å². The summed E-state index contributed by atoms with van der Waals surface area (Å²) < 4.78 is 0. The highest BCUT2D eigenvalue weighted by atomic mass is 79.9. The number of rotatable bonds is 4. The number of benzene rings is 2. The van der Waals surface area contributed by atoms with E-state index in [0.29, 0.717) is 0 Å². The van der Waals surface area contributed by atoms with Crippen LogP contribution in [0.5, 0.6) is 0 Å². The van der Waals surface area contributed by atoms with Crippen LogP contribution in [0.4, 0.5) is 0 Å². The van der Waals surface area contributed by atoms with Crippen molar-refractivity contribution in [2.45, 2.75) is 33.2 Å². The van der Waals surface area contributed by atoms with Gasteiger partial charge in [0.15, 0.2) is 0 Å². The predicted molar refractivity (Wildman–Crippen MR) is 93.1 cm³/mol. The van der Waals surface area contributed by atoms with Gasteiger partial charge in [0, 0.05) is 16.9 Å². The summed E-state index contributed by atoms with van der Waals surface area (Å²) in [5.74, 6) is 0.00151. The van der Waals surface area contributed by atoms with Crippen molar-refractivity contribution >= 4 is 32.6 Å². The Bertz CT molecular complexity index is 630. The molecule has 0 aromatic heterocycles. The highest BCUT2D eigenvalue weighted by Gasteiger charge is 2.25. The van der Waals surface area contributed by atoms with Crippen molar-refractivity contribution in [1.29, 1.82) is 0 Å². The molecule has 0 spiro atoms. The van der Waals surface area contributed by atoms with Crippen molar-refractivity contribution < 1.29 is 4.79 Å². The Morgan fingerprint density at radius 1 is 1.14 bits per heavy atom.